The van der Waals surface area contributed by atoms with E-state index < -0.39 is 12.9 Å². The van der Waals surface area contributed by atoms with Crippen LogP contribution < -0.4 is 5.46 Å². The van der Waals surface area contributed by atoms with Gasteiger partial charge >= 0.3 is 7.12 Å². The van der Waals surface area contributed by atoms with Crippen LogP contribution in [0.15, 0.2) is 53.6 Å². The molecule has 6 heteroatoms. The van der Waals surface area contributed by atoms with Gasteiger partial charge in [0.1, 0.15) is 5.82 Å². The molecule has 0 unspecified atom stereocenters. The predicted octanol–water partition coefficient (Wildman–Crippen LogP) is 2.28. The van der Waals surface area contributed by atoms with Crippen LogP contribution in [0.1, 0.15) is 5.56 Å². The number of thioether (sulfide) groups is 1. The van der Waals surface area contributed by atoms with E-state index in [0.717, 1.165) is 22.0 Å². The molecule has 0 radical (unpaired) electrons. The van der Waals surface area contributed by atoms with Crippen LogP contribution in [-0.4, -0.2) is 22.2 Å². The van der Waals surface area contributed by atoms with E-state index in [1.54, 1.807) is 6.07 Å². The van der Waals surface area contributed by atoms with Gasteiger partial charge in [0.15, 0.2) is 0 Å². The zero-order valence-corrected chi connectivity index (χ0v) is 11.9. The van der Waals surface area contributed by atoms with Crippen molar-refractivity contribution in [1.82, 2.24) is 4.98 Å². The second kappa shape index (κ2) is 5.93. The zero-order chi connectivity index (χ0) is 14.8. The molecule has 3 aromatic rings. The minimum absolute atomic E-state index is 0.159. The molecule has 0 saturated heterocycles. The summed E-state index contributed by atoms with van der Waals surface area (Å²) in [6, 6.07) is 14.3. The number of nitrogens with one attached hydrogen (secondary N) is 1. The highest BCUT2D eigenvalue weighted by Crippen LogP contribution is 2.26. The first kappa shape index (κ1) is 14.2. The van der Waals surface area contributed by atoms with Crippen LogP contribution >= 0.6 is 11.8 Å². The van der Waals surface area contributed by atoms with Crippen LogP contribution in [0.2, 0.25) is 0 Å². The molecule has 3 nitrogen and oxygen atoms in total. The highest BCUT2D eigenvalue weighted by molar-refractivity contribution is 7.98. The summed E-state index contributed by atoms with van der Waals surface area (Å²) in [4.78, 5) is 3.28. The Balaban J connectivity index is 1.75. The Morgan fingerprint density at radius 2 is 1.90 bits per heavy atom. The quantitative estimate of drug-likeness (QED) is 0.512. The van der Waals surface area contributed by atoms with Gasteiger partial charge in [-0.3, -0.25) is 0 Å². The van der Waals surface area contributed by atoms with Crippen molar-refractivity contribution < 1.29 is 14.4 Å². The van der Waals surface area contributed by atoms with Gasteiger partial charge in [-0.1, -0.05) is 30.3 Å². The topological polar surface area (TPSA) is 56.2 Å². The van der Waals surface area contributed by atoms with E-state index in [9.17, 15) is 4.39 Å². The Hall–Kier alpha value is -1.76. The van der Waals surface area contributed by atoms with E-state index in [0.29, 0.717) is 11.3 Å². The van der Waals surface area contributed by atoms with Crippen LogP contribution in [-0.2, 0) is 5.75 Å². The molecule has 0 atom stereocenters. The van der Waals surface area contributed by atoms with Crippen molar-refractivity contribution in [2.24, 2.45) is 0 Å². The molecule has 0 saturated carbocycles. The summed E-state index contributed by atoms with van der Waals surface area (Å²) in [6.45, 7) is 0. The standard InChI is InChI=1S/C15H13BFNO2S/c17-13-8-12(16(19)20)6-5-11(13)9-21-15-7-10-3-1-2-4-14(10)18-15/h1-8,18-20H,9H2. The Labute approximate surface area is 126 Å². The van der Waals surface area contributed by atoms with Crippen molar-refractivity contribution in [2.75, 3.05) is 0 Å². The Morgan fingerprint density at radius 3 is 2.62 bits per heavy atom. The maximum absolute atomic E-state index is 13.9. The molecule has 1 heterocycles. The second-order valence-corrected chi connectivity index (χ2v) is 5.75. The van der Waals surface area contributed by atoms with Crippen molar-refractivity contribution in [1.29, 1.82) is 0 Å². The average Bonchev–Trinajstić information content (AvgIpc) is 2.88. The van der Waals surface area contributed by atoms with E-state index in [1.807, 2.05) is 30.3 Å². The Bertz CT molecular complexity index is 742. The van der Waals surface area contributed by atoms with Crippen LogP contribution in [0.4, 0.5) is 4.39 Å². The van der Waals surface area contributed by atoms with Crippen molar-refractivity contribution in [3.05, 3.63) is 59.9 Å². The molecule has 1 aromatic heterocycles. The monoisotopic (exact) mass is 301 g/mol. The minimum atomic E-state index is -1.64. The van der Waals surface area contributed by atoms with Gasteiger partial charge in [-0.15, -0.1) is 11.8 Å². The molecule has 0 fully saturated rings. The molecule has 3 N–H and O–H groups in total. The second-order valence-electron chi connectivity index (χ2n) is 4.73. The number of H-pyrrole nitrogens is 1. The number of halogens is 1. The fourth-order valence-electron chi connectivity index (χ4n) is 2.12. The summed E-state index contributed by atoms with van der Waals surface area (Å²) in [7, 11) is -1.64. The molecule has 106 valence electrons. The number of aromatic amines is 1. The van der Waals surface area contributed by atoms with Crippen LogP contribution in [0.3, 0.4) is 0 Å². The molecule has 0 aliphatic heterocycles. The number of fused-ring (bicyclic) bond motifs is 1. The Kier molecular flexibility index (Phi) is 4.01. The van der Waals surface area contributed by atoms with E-state index in [4.69, 9.17) is 10.0 Å². The van der Waals surface area contributed by atoms with Gasteiger partial charge in [0.2, 0.25) is 0 Å². The van der Waals surface area contributed by atoms with Gasteiger partial charge in [-0.2, -0.15) is 0 Å². The third-order valence-corrected chi connectivity index (χ3v) is 4.25. The number of benzene rings is 2. The Morgan fingerprint density at radius 1 is 1.10 bits per heavy atom. The summed E-state index contributed by atoms with van der Waals surface area (Å²) in [6.07, 6.45) is 0. The summed E-state index contributed by atoms with van der Waals surface area (Å²) in [5.41, 5.74) is 1.74. The maximum atomic E-state index is 13.9. The third kappa shape index (κ3) is 3.13. The lowest BCUT2D eigenvalue weighted by Crippen LogP contribution is -2.30. The molecule has 3 rings (SSSR count). The van der Waals surface area contributed by atoms with E-state index in [-0.39, 0.29) is 5.46 Å². The smallest absolute Gasteiger partial charge is 0.423 e. The number of hydrogen-bond acceptors (Lipinski definition) is 3. The van der Waals surface area contributed by atoms with Gasteiger partial charge in [-0.05, 0) is 29.2 Å². The van der Waals surface area contributed by atoms with Crippen LogP contribution in [0, 0.1) is 5.82 Å². The minimum Gasteiger partial charge on any atom is -0.423 e. The highest BCUT2D eigenvalue weighted by Gasteiger charge is 2.13. The molecule has 0 aliphatic rings. The van der Waals surface area contributed by atoms with E-state index in [2.05, 4.69) is 4.98 Å². The molecule has 0 aliphatic carbocycles. The molecule has 21 heavy (non-hydrogen) atoms. The summed E-state index contributed by atoms with van der Waals surface area (Å²) in [5, 5.41) is 20.1. The molecule has 2 aromatic carbocycles. The molecule has 0 amide bonds. The van der Waals surface area contributed by atoms with Gasteiger partial charge in [0, 0.05) is 16.7 Å². The molecule has 0 spiro atoms. The lowest BCUT2D eigenvalue weighted by Gasteiger charge is -2.05. The molecule has 0 bridgehead atoms. The number of hydrogen-bond donors (Lipinski definition) is 3. The zero-order valence-electron chi connectivity index (χ0n) is 11.1. The van der Waals surface area contributed by atoms with Crippen LogP contribution in [0.25, 0.3) is 10.9 Å². The first-order chi connectivity index (χ1) is 10.1. The fraction of sp³-hybridized carbons (Fsp3) is 0.0667. The van der Waals surface area contributed by atoms with Crippen molar-refractivity contribution in [3.63, 3.8) is 0 Å². The van der Waals surface area contributed by atoms with Crippen molar-refractivity contribution in [2.45, 2.75) is 10.8 Å². The fourth-order valence-corrected chi connectivity index (χ4v) is 3.06. The van der Waals surface area contributed by atoms with Gasteiger partial charge in [0.05, 0.1) is 5.03 Å². The SMILES string of the molecule is OB(O)c1ccc(CSc2cc3ccccc3[nH]2)c(F)c1. The van der Waals surface area contributed by atoms with Crippen molar-refractivity contribution in [3.8, 4) is 0 Å². The number of para-hydroxylation sites is 1. The lowest BCUT2D eigenvalue weighted by atomic mass is 9.80. The van der Waals surface area contributed by atoms with Gasteiger partial charge < -0.3 is 15.0 Å². The normalized spacial score (nSPS) is 11.0. The van der Waals surface area contributed by atoms with E-state index in [1.165, 1.54) is 17.8 Å². The first-order valence-corrected chi connectivity index (χ1v) is 7.47. The molecular formula is C15H13BFNO2S. The summed E-state index contributed by atoms with van der Waals surface area (Å²) < 4.78 is 13.9. The number of aromatic nitrogens is 1. The summed E-state index contributed by atoms with van der Waals surface area (Å²) in [5.74, 6) is 0.0460. The lowest BCUT2D eigenvalue weighted by molar-refractivity contribution is 0.425. The first-order valence-electron chi connectivity index (χ1n) is 6.48. The van der Waals surface area contributed by atoms with Gasteiger partial charge in [0.25, 0.3) is 0 Å². The summed E-state index contributed by atoms with van der Waals surface area (Å²) >= 11 is 1.51. The highest BCUT2D eigenvalue weighted by atomic mass is 32.2. The largest absolute Gasteiger partial charge is 0.488 e. The molecular weight excluding hydrogens is 288 g/mol. The predicted molar refractivity (Wildman–Crippen MR) is 84.1 cm³/mol. The number of rotatable bonds is 4. The van der Waals surface area contributed by atoms with Gasteiger partial charge in [-0.25, -0.2) is 4.39 Å². The third-order valence-electron chi connectivity index (χ3n) is 3.26. The van der Waals surface area contributed by atoms with Crippen molar-refractivity contribution >= 4 is 35.2 Å². The van der Waals surface area contributed by atoms with Crippen LogP contribution in [0.5, 0.6) is 0 Å². The maximum Gasteiger partial charge on any atom is 0.488 e. The van der Waals surface area contributed by atoms with E-state index >= 15 is 0 Å². The average molecular weight is 301 g/mol.